The number of hydrogen-bond acceptors (Lipinski definition) is 3. The van der Waals surface area contributed by atoms with Crippen LogP contribution in [0.3, 0.4) is 0 Å². The first kappa shape index (κ1) is 17.3. The van der Waals surface area contributed by atoms with Gasteiger partial charge in [-0.2, -0.15) is 0 Å². The van der Waals surface area contributed by atoms with Gasteiger partial charge in [-0.3, -0.25) is 14.4 Å². The Balaban J connectivity index is 1.62. The van der Waals surface area contributed by atoms with E-state index in [1.54, 1.807) is 40.6 Å². The number of nitrogens with zero attached hydrogens (tertiary/aromatic N) is 3. The first-order valence-corrected chi connectivity index (χ1v) is 8.98. The summed E-state index contributed by atoms with van der Waals surface area (Å²) >= 11 is 0. The SMILES string of the molecule is CN1CCN(C(=O)c2ccc(-c3cn(C)c(=O)c4c3C=CC4)cc2)CC1=O. The van der Waals surface area contributed by atoms with Crippen molar-refractivity contribution in [3.05, 3.63) is 63.6 Å². The van der Waals surface area contributed by atoms with Crippen molar-refractivity contribution in [1.29, 1.82) is 0 Å². The van der Waals surface area contributed by atoms with Gasteiger partial charge in [-0.25, -0.2) is 0 Å². The topological polar surface area (TPSA) is 62.6 Å². The highest BCUT2D eigenvalue weighted by Gasteiger charge is 2.25. The highest BCUT2D eigenvalue weighted by Crippen LogP contribution is 2.29. The molecule has 1 fully saturated rings. The van der Waals surface area contributed by atoms with Gasteiger partial charge in [0, 0.05) is 50.1 Å². The summed E-state index contributed by atoms with van der Waals surface area (Å²) in [7, 11) is 3.51. The van der Waals surface area contributed by atoms with Crippen LogP contribution < -0.4 is 5.56 Å². The number of pyridine rings is 1. The van der Waals surface area contributed by atoms with Gasteiger partial charge in [0.25, 0.3) is 11.5 Å². The molecule has 0 spiro atoms. The van der Waals surface area contributed by atoms with Gasteiger partial charge in [-0.1, -0.05) is 24.3 Å². The minimum absolute atomic E-state index is 0.0327. The fourth-order valence-electron chi connectivity index (χ4n) is 3.63. The molecule has 138 valence electrons. The molecule has 0 saturated carbocycles. The van der Waals surface area contributed by atoms with Gasteiger partial charge >= 0.3 is 0 Å². The van der Waals surface area contributed by atoms with E-state index in [4.69, 9.17) is 0 Å². The second-order valence-electron chi connectivity index (χ2n) is 7.08. The van der Waals surface area contributed by atoms with Gasteiger partial charge in [0.2, 0.25) is 5.91 Å². The Morgan fingerprint density at radius 1 is 1.04 bits per heavy atom. The fraction of sp³-hybridized carbons (Fsp3) is 0.286. The molecule has 1 aliphatic heterocycles. The number of piperazine rings is 1. The lowest BCUT2D eigenvalue weighted by Crippen LogP contribution is -2.50. The molecule has 0 atom stereocenters. The van der Waals surface area contributed by atoms with E-state index in [0.29, 0.717) is 25.1 Å². The third-order valence-electron chi connectivity index (χ3n) is 5.31. The van der Waals surface area contributed by atoms with E-state index >= 15 is 0 Å². The van der Waals surface area contributed by atoms with Crippen LogP contribution in [0.15, 0.2) is 41.3 Å². The lowest BCUT2D eigenvalue weighted by atomic mass is 9.98. The van der Waals surface area contributed by atoms with Crippen LogP contribution in [0, 0.1) is 0 Å². The molecule has 1 aromatic carbocycles. The normalized spacial score (nSPS) is 16.0. The van der Waals surface area contributed by atoms with Crippen molar-refractivity contribution < 1.29 is 9.59 Å². The van der Waals surface area contributed by atoms with Crippen LogP contribution in [0.1, 0.15) is 21.5 Å². The minimum Gasteiger partial charge on any atom is -0.342 e. The van der Waals surface area contributed by atoms with Gasteiger partial charge in [-0.05, 0) is 29.7 Å². The van der Waals surface area contributed by atoms with E-state index < -0.39 is 0 Å². The summed E-state index contributed by atoms with van der Waals surface area (Å²) in [6.07, 6.45) is 6.48. The molecule has 2 aliphatic rings. The van der Waals surface area contributed by atoms with Crippen LogP contribution in [-0.4, -0.2) is 52.9 Å². The number of aryl methyl sites for hydroxylation is 1. The predicted octanol–water partition coefficient (Wildman–Crippen LogP) is 1.54. The van der Waals surface area contributed by atoms with Gasteiger partial charge in [0.1, 0.15) is 6.54 Å². The number of carbonyl (C=O) groups is 2. The van der Waals surface area contributed by atoms with Crippen molar-refractivity contribution in [2.45, 2.75) is 6.42 Å². The van der Waals surface area contributed by atoms with Crippen LogP contribution in [0.4, 0.5) is 0 Å². The molecule has 4 rings (SSSR count). The largest absolute Gasteiger partial charge is 0.342 e. The number of fused-ring (bicyclic) bond motifs is 1. The van der Waals surface area contributed by atoms with Crippen LogP contribution in [-0.2, 0) is 18.3 Å². The zero-order chi connectivity index (χ0) is 19.1. The maximum Gasteiger partial charge on any atom is 0.254 e. The molecule has 6 nitrogen and oxygen atoms in total. The van der Waals surface area contributed by atoms with Crippen LogP contribution >= 0.6 is 0 Å². The Morgan fingerprint density at radius 2 is 1.78 bits per heavy atom. The molecule has 6 heteroatoms. The lowest BCUT2D eigenvalue weighted by Gasteiger charge is -2.32. The van der Waals surface area contributed by atoms with Crippen LogP contribution in [0.5, 0.6) is 0 Å². The summed E-state index contributed by atoms with van der Waals surface area (Å²) in [5, 5.41) is 0. The first-order valence-electron chi connectivity index (χ1n) is 8.98. The minimum atomic E-state index is -0.131. The highest BCUT2D eigenvalue weighted by atomic mass is 16.2. The van der Waals surface area contributed by atoms with E-state index in [0.717, 1.165) is 22.3 Å². The van der Waals surface area contributed by atoms with Gasteiger partial charge < -0.3 is 14.4 Å². The van der Waals surface area contributed by atoms with Crippen molar-refractivity contribution in [2.75, 3.05) is 26.7 Å². The molecule has 0 radical (unpaired) electrons. The second kappa shape index (κ2) is 6.54. The Labute approximate surface area is 157 Å². The molecular weight excluding hydrogens is 342 g/mol. The van der Waals surface area contributed by atoms with Crippen molar-refractivity contribution in [1.82, 2.24) is 14.4 Å². The number of allylic oxidation sites excluding steroid dienone is 1. The second-order valence-corrected chi connectivity index (χ2v) is 7.08. The molecule has 2 aromatic rings. The summed E-state index contributed by atoms with van der Waals surface area (Å²) in [4.78, 5) is 40.0. The third kappa shape index (κ3) is 2.97. The Kier molecular flexibility index (Phi) is 4.18. The molecule has 0 bridgehead atoms. The molecule has 2 heterocycles. The van der Waals surface area contributed by atoms with E-state index in [1.165, 1.54) is 0 Å². The molecule has 2 amide bonds. The summed E-state index contributed by atoms with van der Waals surface area (Å²) in [5.41, 5.74) is 4.31. The third-order valence-corrected chi connectivity index (χ3v) is 5.31. The molecule has 1 aromatic heterocycles. The maximum absolute atomic E-state index is 12.7. The highest BCUT2D eigenvalue weighted by molar-refractivity contribution is 5.97. The maximum atomic E-state index is 12.7. The zero-order valence-corrected chi connectivity index (χ0v) is 15.4. The molecule has 27 heavy (non-hydrogen) atoms. The predicted molar refractivity (Wildman–Crippen MR) is 103 cm³/mol. The number of aromatic nitrogens is 1. The molecule has 1 saturated heterocycles. The standard InChI is InChI=1S/C21H21N3O3/c1-22-10-11-24(13-19(22)25)20(26)15-8-6-14(7-9-15)18-12-23(2)21(27)17-5-3-4-16(17)18/h3-4,6-9,12H,5,10-11,13H2,1-2H3. The van der Waals surface area contributed by atoms with Crippen LogP contribution in [0.2, 0.25) is 0 Å². The lowest BCUT2D eigenvalue weighted by molar-refractivity contribution is -0.133. The average molecular weight is 363 g/mol. The summed E-state index contributed by atoms with van der Waals surface area (Å²) in [6, 6.07) is 7.38. The first-order chi connectivity index (χ1) is 13.0. The van der Waals surface area contributed by atoms with E-state index in [9.17, 15) is 14.4 Å². The number of carbonyl (C=O) groups excluding carboxylic acids is 2. The number of likely N-dealkylation sites (N-methyl/N-ethyl adjacent to an activating group) is 1. The van der Waals surface area contributed by atoms with Crippen molar-refractivity contribution in [2.24, 2.45) is 7.05 Å². The van der Waals surface area contributed by atoms with E-state index in [2.05, 4.69) is 0 Å². The van der Waals surface area contributed by atoms with Gasteiger partial charge in [-0.15, -0.1) is 0 Å². The van der Waals surface area contributed by atoms with Crippen molar-refractivity contribution in [3.63, 3.8) is 0 Å². The molecular formula is C21H21N3O3. The van der Waals surface area contributed by atoms with Gasteiger partial charge in [0.05, 0.1) is 0 Å². The Bertz CT molecular complexity index is 1020. The quantitative estimate of drug-likeness (QED) is 0.813. The van der Waals surface area contributed by atoms with E-state index in [1.807, 2.05) is 30.5 Å². The molecule has 0 N–H and O–H groups in total. The van der Waals surface area contributed by atoms with E-state index in [-0.39, 0.29) is 23.9 Å². The Morgan fingerprint density at radius 3 is 2.48 bits per heavy atom. The summed E-state index contributed by atoms with van der Waals surface area (Å²) in [5.74, 6) is -0.174. The number of benzene rings is 1. The molecule has 1 aliphatic carbocycles. The summed E-state index contributed by atoms with van der Waals surface area (Å²) < 4.78 is 1.61. The Hall–Kier alpha value is -3.15. The molecule has 0 unspecified atom stereocenters. The summed E-state index contributed by atoms with van der Waals surface area (Å²) in [6.45, 7) is 1.22. The fourth-order valence-corrected chi connectivity index (χ4v) is 3.63. The monoisotopic (exact) mass is 363 g/mol. The van der Waals surface area contributed by atoms with Gasteiger partial charge in [0.15, 0.2) is 0 Å². The number of hydrogen-bond donors (Lipinski definition) is 0. The van der Waals surface area contributed by atoms with Crippen LogP contribution in [0.25, 0.3) is 17.2 Å². The average Bonchev–Trinajstić information content (AvgIpc) is 3.16. The van der Waals surface area contributed by atoms with Crippen molar-refractivity contribution in [3.8, 4) is 11.1 Å². The number of amides is 2. The van der Waals surface area contributed by atoms with Crippen molar-refractivity contribution >= 4 is 17.9 Å². The smallest absolute Gasteiger partial charge is 0.254 e. The number of rotatable bonds is 2. The zero-order valence-electron chi connectivity index (χ0n) is 15.4.